The third-order valence-electron chi connectivity index (χ3n) is 2.52. The Balaban J connectivity index is 1.99. The molecule has 2 N–H and O–H groups in total. The molecule has 1 aromatic heterocycles. The lowest BCUT2D eigenvalue weighted by Gasteiger charge is -2.07. The Morgan fingerprint density at radius 2 is 2.10 bits per heavy atom. The Hall–Kier alpha value is -2.41. The molecule has 0 aliphatic rings. The minimum Gasteiger partial charge on any atom is -0.482 e. The summed E-state index contributed by atoms with van der Waals surface area (Å²) in [4.78, 5) is 23.5. The number of carboxylic acids is 1. The summed E-state index contributed by atoms with van der Waals surface area (Å²) < 4.78 is 18.5. The summed E-state index contributed by atoms with van der Waals surface area (Å²) in [6.07, 6.45) is 0. The molecule has 1 amide bonds. The van der Waals surface area contributed by atoms with E-state index in [9.17, 15) is 14.0 Å². The molecule has 0 radical (unpaired) electrons. The fourth-order valence-corrected chi connectivity index (χ4v) is 2.43. The molecule has 0 aliphatic carbocycles. The molecule has 0 atom stereocenters. The number of carbonyl (C=O) groups is 2. The second kappa shape index (κ2) is 6.36. The van der Waals surface area contributed by atoms with Gasteiger partial charge >= 0.3 is 5.97 Å². The molecule has 2 aromatic rings. The Labute approximate surface area is 124 Å². The highest BCUT2D eigenvalue weighted by molar-refractivity contribution is 7.14. The van der Waals surface area contributed by atoms with E-state index in [1.54, 1.807) is 19.1 Å². The van der Waals surface area contributed by atoms with Gasteiger partial charge in [-0.1, -0.05) is 12.1 Å². The minimum atomic E-state index is -1.11. The average molecular weight is 309 g/mol. The summed E-state index contributed by atoms with van der Waals surface area (Å²) in [5.74, 6) is -2.10. The topological polar surface area (TPSA) is 75.6 Å². The molecule has 0 fully saturated rings. The molecule has 0 aliphatic heterocycles. The zero-order valence-electron chi connectivity index (χ0n) is 11.1. The van der Waals surface area contributed by atoms with Crippen LogP contribution >= 0.6 is 11.3 Å². The number of hydrogen-bond acceptors (Lipinski definition) is 4. The molecular formula is C14H12FNO4S. The van der Waals surface area contributed by atoms with Crippen molar-refractivity contribution in [3.8, 4) is 5.75 Å². The van der Waals surface area contributed by atoms with Gasteiger partial charge in [0.2, 0.25) is 0 Å². The van der Waals surface area contributed by atoms with Gasteiger partial charge in [0, 0.05) is 4.88 Å². The highest BCUT2D eigenvalue weighted by Crippen LogP contribution is 2.28. The maximum atomic E-state index is 13.4. The van der Waals surface area contributed by atoms with Crippen LogP contribution in [0.4, 0.5) is 10.1 Å². The molecule has 7 heteroatoms. The predicted molar refractivity (Wildman–Crippen MR) is 76.5 cm³/mol. The highest BCUT2D eigenvalue weighted by Gasteiger charge is 2.16. The van der Waals surface area contributed by atoms with E-state index in [4.69, 9.17) is 9.84 Å². The van der Waals surface area contributed by atoms with Gasteiger partial charge in [-0.25, -0.2) is 9.18 Å². The summed E-state index contributed by atoms with van der Waals surface area (Å²) in [6.45, 7) is 1.34. The molecule has 0 saturated heterocycles. The van der Waals surface area contributed by atoms with Crippen LogP contribution in [0.15, 0.2) is 30.3 Å². The monoisotopic (exact) mass is 309 g/mol. The summed E-state index contributed by atoms with van der Waals surface area (Å²) in [6, 6.07) is 7.29. The molecule has 0 saturated carbocycles. The van der Waals surface area contributed by atoms with Gasteiger partial charge in [-0.3, -0.25) is 4.79 Å². The third-order valence-corrected chi connectivity index (χ3v) is 3.54. The third kappa shape index (κ3) is 3.79. The van der Waals surface area contributed by atoms with Crippen LogP contribution in [0.25, 0.3) is 0 Å². The first-order chi connectivity index (χ1) is 9.97. The fourth-order valence-electron chi connectivity index (χ4n) is 1.64. The number of para-hydroxylation sites is 1. The van der Waals surface area contributed by atoms with Crippen LogP contribution in [0.3, 0.4) is 0 Å². The number of halogens is 1. The zero-order valence-corrected chi connectivity index (χ0v) is 11.9. The van der Waals surface area contributed by atoms with Crippen LogP contribution in [0.2, 0.25) is 0 Å². The van der Waals surface area contributed by atoms with E-state index in [-0.39, 0.29) is 16.3 Å². The first-order valence-electron chi connectivity index (χ1n) is 5.98. The smallest absolute Gasteiger partial charge is 0.349 e. The lowest BCUT2D eigenvalue weighted by atomic mass is 10.3. The Morgan fingerprint density at radius 1 is 1.38 bits per heavy atom. The van der Waals surface area contributed by atoms with Crippen molar-refractivity contribution in [1.29, 1.82) is 0 Å². The number of benzene rings is 1. The number of ether oxygens (including phenoxy) is 1. The van der Waals surface area contributed by atoms with Crippen molar-refractivity contribution in [1.82, 2.24) is 0 Å². The van der Waals surface area contributed by atoms with Gasteiger partial charge < -0.3 is 15.2 Å². The number of aromatic carboxylic acids is 1. The van der Waals surface area contributed by atoms with Gasteiger partial charge in [0.1, 0.15) is 11.6 Å². The number of anilines is 1. The number of nitrogens with one attached hydrogen (secondary N) is 1. The van der Waals surface area contributed by atoms with Crippen LogP contribution in [0, 0.1) is 12.7 Å². The van der Waals surface area contributed by atoms with Crippen LogP contribution < -0.4 is 10.1 Å². The summed E-state index contributed by atoms with van der Waals surface area (Å²) in [5, 5.41) is 11.3. The first kappa shape index (κ1) is 15.0. The Bertz CT molecular complexity index is 683. The van der Waals surface area contributed by atoms with Crippen molar-refractivity contribution in [2.45, 2.75) is 6.92 Å². The van der Waals surface area contributed by atoms with Crippen molar-refractivity contribution in [3.05, 3.63) is 45.9 Å². The first-order valence-corrected chi connectivity index (χ1v) is 6.80. The van der Waals surface area contributed by atoms with Crippen molar-refractivity contribution in [3.63, 3.8) is 0 Å². The van der Waals surface area contributed by atoms with Crippen molar-refractivity contribution in [2.75, 3.05) is 11.9 Å². The minimum absolute atomic E-state index is 0.0335. The van der Waals surface area contributed by atoms with E-state index >= 15 is 0 Å². The molecule has 1 heterocycles. The molecule has 0 unspecified atom stereocenters. The number of rotatable bonds is 5. The van der Waals surface area contributed by atoms with Crippen molar-refractivity contribution >= 4 is 28.9 Å². The molecule has 2 rings (SSSR count). The summed E-state index contributed by atoms with van der Waals surface area (Å²) >= 11 is 1.06. The maximum absolute atomic E-state index is 13.4. The molecule has 0 bridgehead atoms. The standard InChI is InChI=1S/C14H12FNO4S/c1-8-6-11(13(21-8)14(18)19)20-7-12(17)16-10-5-3-2-4-9(10)15/h2-6H,7H2,1H3,(H,16,17)(H,18,19). The van der Waals surface area contributed by atoms with E-state index in [1.165, 1.54) is 18.2 Å². The number of amides is 1. The second-order valence-electron chi connectivity index (χ2n) is 4.17. The van der Waals surface area contributed by atoms with Gasteiger partial charge in [-0.05, 0) is 25.1 Å². The van der Waals surface area contributed by atoms with E-state index in [1.807, 2.05) is 0 Å². The zero-order chi connectivity index (χ0) is 15.4. The Kier molecular flexibility index (Phi) is 4.54. The molecule has 1 aromatic carbocycles. The number of carbonyl (C=O) groups excluding carboxylic acids is 1. The van der Waals surface area contributed by atoms with Crippen LogP contribution in [-0.2, 0) is 4.79 Å². The number of aryl methyl sites for hydroxylation is 1. The molecule has 21 heavy (non-hydrogen) atoms. The Morgan fingerprint density at radius 3 is 2.76 bits per heavy atom. The lowest BCUT2D eigenvalue weighted by Crippen LogP contribution is -2.21. The molecule has 0 spiro atoms. The maximum Gasteiger partial charge on any atom is 0.349 e. The van der Waals surface area contributed by atoms with E-state index in [2.05, 4.69) is 5.32 Å². The number of thiophene rings is 1. The second-order valence-corrected chi connectivity index (χ2v) is 5.43. The number of hydrogen-bond donors (Lipinski definition) is 2. The van der Waals surface area contributed by atoms with E-state index in [0.717, 1.165) is 16.2 Å². The van der Waals surface area contributed by atoms with Crippen LogP contribution in [-0.4, -0.2) is 23.6 Å². The van der Waals surface area contributed by atoms with Gasteiger partial charge in [0.15, 0.2) is 11.5 Å². The normalized spacial score (nSPS) is 10.2. The van der Waals surface area contributed by atoms with Gasteiger partial charge in [-0.15, -0.1) is 11.3 Å². The van der Waals surface area contributed by atoms with Gasteiger partial charge in [0.25, 0.3) is 5.91 Å². The van der Waals surface area contributed by atoms with Crippen LogP contribution in [0.5, 0.6) is 5.75 Å². The molecular weight excluding hydrogens is 297 g/mol. The van der Waals surface area contributed by atoms with Crippen LogP contribution in [0.1, 0.15) is 14.5 Å². The van der Waals surface area contributed by atoms with Gasteiger partial charge in [-0.2, -0.15) is 0 Å². The fraction of sp³-hybridized carbons (Fsp3) is 0.143. The number of carboxylic acid groups (broad SMARTS) is 1. The molecule has 110 valence electrons. The van der Waals surface area contributed by atoms with Crippen molar-refractivity contribution in [2.24, 2.45) is 0 Å². The predicted octanol–water partition coefficient (Wildman–Crippen LogP) is 2.91. The molecule has 5 nitrogen and oxygen atoms in total. The highest BCUT2D eigenvalue weighted by atomic mass is 32.1. The van der Waals surface area contributed by atoms with Crippen molar-refractivity contribution < 1.29 is 23.8 Å². The quantitative estimate of drug-likeness (QED) is 0.890. The summed E-state index contributed by atoms with van der Waals surface area (Å²) in [5.41, 5.74) is 0.0473. The SMILES string of the molecule is Cc1cc(OCC(=O)Nc2ccccc2F)c(C(=O)O)s1. The van der Waals surface area contributed by atoms with E-state index in [0.29, 0.717) is 0 Å². The average Bonchev–Trinajstić information content (AvgIpc) is 2.80. The largest absolute Gasteiger partial charge is 0.482 e. The lowest BCUT2D eigenvalue weighted by molar-refractivity contribution is -0.118. The van der Waals surface area contributed by atoms with E-state index < -0.39 is 24.3 Å². The summed E-state index contributed by atoms with van der Waals surface area (Å²) in [7, 11) is 0. The van der Waals surface area contributed by atoms with Gasteiger partial charge in [0.05, 0.1) is 5.69 Å².